The molecule has 0 unspecified atom stereocenters. The summed E-state index contributed by atoms with van der Waals surface area (Å²) >= 11 is 0. The summed E-state index contributed by atoms with van der Waals surface area (Å²) in [5, 5.41) is 13.6. The summed E-state index contributed by atoms with van der Waals surface area (Å²) in [5.41, 5.74) is 1.73. The van der Waals surface area contributed by atoms with E-state index in [-0.39, 0.29) is 17.5 Å². The summed E-state index contributed by atoms with van der Waals surface area (Å²) in [7, 11) is 0. The lowest BCUT2D eigenvalue weighted by molar-refractivity contribution is -0.384. The third kappa shape index (κ3) is 1.68. The largest absolute Gasteiger partial charge is 0.375 e. The Hall–Kier alpha value is -1.91. The normalized spacial score (nSPS) is 18.1. The Morgan fingerprint density at radius 2 is 2.33 bits per heavy atom. The summed E-state index contributed by atoms with van der Waals surface area (Å²) in [6, 6.07) is 4.37. The number of carbonyl (C=O) groups is 1. The van der Waals surface area contributed by atoms with Gasteiger partial charge in [-0.15, -0.1) is 0 Å². The number of hydrogen-bond donors (Lipinski definition) is 1. The molecule has 1 aromatic carbocycles. The van der Waals surface area contributed by atoms with E-state index in [1.165, 1.54) is 19.1 Å². The number of non-ortho nitro benzene ring substituents is 1. The van der Waals surface area contributed by atoms with Crippen molar-refractivity contribution in [1.29, 1.82) is 0 Å². The van der Waals surface area contributed by atoms with Crippen molar-refractivity contribution in [2.75, 3.05) is 5.32 Å². The van der Waals surface area contributed by atoms with Crippen LogP contribution in [0.1, 0.15) is 12.5 Å². The molecule has 1 aliphatic heterocycles. The van der Waals surface area contributed by atoms with Gasteiger partial charge in [0.2, 0.25) is 0 Å². The lowest BCUT2D eigenvalue weighted by Crippen LogP contribution is -2.23. The lowest BCUT2D eigenvalue weighted by Gasteiger charge is -2.04. The molecule has 1 atom stereocenters. The molecule has 0 aromatic heterocycles. The smallest absolute Gasteiger partial charge is 0.269 e. The van der Waals surface area contributed by atoms with Crippen LogP contribution in [0, 0.1) is 10.1 Å². The van der Waals surface area contributed by atoms with Crippen LogP contribution in [0.4, 0.5) is 11.4 Å². The van der Waals surface area contributed by atoms with Gasteiger partial charge in [0, 0.05) is 24.2 Å². The molecule has 0 amide bonds. The highest BCUT2D eigenvalue weighted by Crippen LogP contribution is 2.29. The number of ketones is 1. The monoisotopic (exact) mass is 206 g/mol. The fourth-order valence-corrected chi connectivity index (χ4v) is 1.71. The molecular weight excluding hydrogens is 196 g/mol. The zero-order valence-electron chi connectivity index (χ0n) is 8.19. The maximum atomic E-state index is 11.1. The summed E-state index contributed by atoms with van der Waals surface area (Å²) in [6.45, 7) is 1.51. The maximum Gasteiger partial charge on any atom is 0.269 e. The molecular formula is C10H10N2O3. The van der Waals surface area contributed by atoms with Crippen molar-refractivity contribution in [3.63, 3.8) is 0 Å². The lowest BCUT2D eigenvalue weighted by atomic mass is 10.1. The molecule has 2 rings (SSSR count). The van der Waals surface area contributed by atoms with E-state index in [0.717, 1.165) is 11.3 Å². The minimum atomic E-state index is -0.429. The number of nitrogens with one attached hydrogen (secondary N) is 1. The van der Waals surface area contributed by atoms with Gasteiger partial charge in [-0.2, -0.15) is 0 Å². The highest BCUT2D eigenvalue weighted by Gasteiger charge is 2.25. The number of fused-ring (bicyclic) bond motifs is 1. The number of rotatable bonds is 2. The van der Waals surface area contributed by atoms with E-state index in [4.69, 9.17) is 0 Å². The van der Waals surface area contributed by atoms with Crippen molar-refractivity contribution in [1.82, 2.24) is 0 Å². The molecule has 78 valence electrons. The first-order chi connectivity index (χ1) is 7.08. The molecule has 0 spiro atoms. The van der Waals surface area contributed by atoms with Gasteiger partial charge in [0.15, 0.2) is 5.78 Å². The first-order valence-electron chi connectivity index (χ1n) is 4.62. The van der Waals surface area contributed by atoms with Crippen LogP contribution in [0.2, 0.25) is 0 Å². The quantitative estimate of drug-likeness (QED) is 0.588. The van der Waals surface area contributed by atoms with Crippen LogP contribution < -0.4 is 5.32 Å². The number of carbonyl (C=O) groups excluding carboxylic acids is 1. The fourth-order valence-electron chi connectivity index (χ4n) is 1.71. The van der Waals surface area contributed by atoms with Crippen molar-refractivity contribution < 1.29 is 9.72 Å². The number of nitro groups is 1. The molecule has 1 aliphatic rings. The zero-order valence-corrected chi connectivity index (χ0v) is 8.19. The molecule has 0 aliphatic carbocycles. The van der Waals surface area contributed by atoms with Gasteiger partial charge in [-0.25, -0.2) is 0 Å². The average Bonchev–Trinajstić information content (AvgIpc) is 2.59. The number of benzene rings is 1. The Labute approximate surface area is 86.2 Å². The second-order valence-electron chi connectivity index (χ2n) is 3.61. The second-order valence-corrected chi connectivity index (χ2v) is 3.61. The number of hydrogen-bond acceptors (Lipinski definition) is 4. The van der Waals surface area contributed by atoms with E-state index in [1.807, 2.05) is 0 Å². The highest BCUT2D eigenvalue weighted by molar-refractivity contribution is 5.87. The van der Waals surface area contributed by atoms with Gasteiger partial charge >= 0.3 is 0 Å². The number of nitro benzene ring substituents is 1. The first kappa shape index (κ1) is 9.64. The van der Waals surface area contributed by atoms with Crippen molar-refractivity contribution in [2.24, 2.45) is 0 Å². The molecule has 15 heavy (non-hydrogen) atoms. The van der Waals surface area contributed by atoms with E-state index in [9.17, 15) is 14.9 Å². The summed E-state index contributed by atoms with van der Waals surface area (Å²) in [6.07, 6.45) is 0.534. The molecule has 0 fully saturated rings. The molecule has 0 saturated heterocycles. The second kappa shape index (κ2) is 3.34. The molecule has 0 bridgehead atoms. The Kier molecular flexibility index (Phi) is 2.15. The minimum Gasteiger partial charge on any atom is -0.375 e. The fraction of sp³-hybridized carbons (Fsp3) is 0.300. The third-order valence-corrected chi connectivity index (χ3v) is 2.54. The van der Waals surface area contributed by atoms with Gasteiger partial charge in [0.05, 0.1) is 11.0 Å². The van der Waals surface area contributed by atoms with Gasteiger partial charge in [0.1, 0.15) is 0 Å². The molecule has 5 nitrogen and oxygen atoms in total. The van der Waals surface area contributed by atoms with Gasteiger partial charge in [0.25, 0.3) is 5.69 Å². The van der Waals surface area contributed by atoms with E-state index < -0.39 is 4.92 Å². The Bertz CT molecular complexity index is 442. The van der Waals surface area contributed by atoms with Crippen molar-refractivity contribution in [3.05, 3.63) is 33.9 Å². The molecule has 0 saturated carbocycles. The van der Waals surface area contributed by atoms with Crippen LogP contribution in [0.15, 0.2) is 18.2 Å². The highest BCUT2D eigenvalue weighted by atomic mass is 16.6. The van der Waals surface area contributed by atoms with E-state index in [1.54, 1.807) is 6.07 Å². The predicted octanol–water partition coefficient (Wildman–Crippen LogP) is 1.52. The Morgan fingerprint density at radius 1 is 1.60 bits per heavy atom. The van der Waals surface area contributed by atoms with Crippen LogP contribution >= 0.6 is 0 Å². The third-order valence-electron chi connectivity index (χ3n) is 2.54. The molecule has 1 N–H and O–H groups in total. The van der Waals surface area contributed by atoms with E-state index >= 15 is 0 Å². The minimum absolute atomic E-state index is 0.0499. The average molecular weight is 206 g/mol. The van der Waals surface area contributed by atoms with Gasteiger partial charge < -0.3 is 5.32 Å². The SMILES string of the molecule is CC(=O)[C@H]1Cc2cc([N+](=O)[O-])ccc2N1. The topological polar surface area (TPSA) is 72.2 Å². The van der Waals surface area contributed by atoms with Crippen molar-refractivity contribution in [3.8, 4) is 0 Å². The van der Waals surface area contributed by atoms with Gasteiger partial charge in [-0.05, 0) is 18.6 Å². The van der Waals surface area contributed by atoms with Gasteiger partial charge in [-0.1, -0.05) is 0 Å². The van der Waals surface area contributed by atoms with Crippen LogP contribution in [-0.2, 0) is 11.2 Å². The zero-order chi connectivity index (χ0) is 11.0. The predicted molar refractivity (Wildman–Crippen MR) is 54.9 cm³/mol. The van der Waals surface area contributed by atoms with Gasteiger partial charge in [-0.3, -0.25) is 14.9 Å². The molecule has 5 heteroatoms. The maximum absolute atomic E-state index is 11.1. The van der Waals surface area contributed by atoms with Crippen LogP contribution in [0.5, 0.6) is 0 Å². The number of Topliss-reactive ketones (excluding diaryl/α,β-unsaturated/α-hetero) is 1. The molecule has 1 aromatic rings. The van der Waals surface area contributed by atoms with Crippen LogP contribution in [0.25, 0.3) is 0 Å². The van der Waals surface area contributed by atoms with E-state index in [2.05, 4.69) is 5.32 Å². The Morgan fingerprint density at radius 3 is 2.93 bits per heavy atom. The summed E-state index contributed by atoms with van der Waals surface area (Å²) < 4.78 is 0. The first-order valence-corrected chi connectivity index (χ1v) is 4.62. The standard InChI is InChI=1S/C10H10N2O3/c1-6(13)10-5-7-4-8(12(14)15)2-3-9(7)11-10/h2-4,10-11H,5H2,1H3/t10-/m1/s1. The summed E-state index contributed by atoms with van der Waals surface area (Å²) in [5.74, 6) is 0.0499. The summed E-state index contributed by atoms with van der Waals surface area (Å²) in [4.78, 5) is 21.2. The van der Waals surface area contributed by atoms with Crippen LogP contribution in [-0.4, -0.2) is 16.7 Å². The van der Waals surface area contributed by atoms with E-state index in [0.29, 0.717) is 6.42 Å². The van der Waals surface area contributed by atoms with Crippen molar-refractivity contribution in [2.45, 2.75) is 19.4 Å². The molecule has 0 radical (unpaired) electrons. The van der Waals surface area contributed by atoms with Crippen LogP contribution in [0.3, 0.4) is 0 Å². The number of nitrogens with zero attached hydrogens (tertiary/aromatic N) is 1. The molecule has 1 heterocycles. The number of anilines is 1. The van der Waals surface area contributed by atoms with Crippen molar-refractivity contribution >= 4 is 17.2 Å². The Balaban J connectivity index is 2.31.